The van der Waals surface area contributed by atoms with E-state index < -0.39 is 0 Å². The fraction of sp³-hybridized carbons (Fsp3) is 0.421. The van der Waals surface area contributed by atoms with Gasteiger partial charge in [-0.05, 0) is 50.6 Å². The predicted molar refractivity (Wildman–Crippen MR) is 98.7 cm³/mol. The van der Waals surface area contributed by atoms with Crippen molar-refractivity contribution < 1.29 is 4.79 Å². The first kappa shape index (κ1) is 17.8. The first-order valence-electron chi connectivity index (χ1n) is 8.69. The summed E-state index contributed by atoms with van der Waals surface area (Å²) in [5, 5.41) is 3.78. The molecule has 1 fully saturated rings. The van der Waals surface area contributed by atoms with Crippen LogP contribution in [0.5, 0.6) is 0 Å². The Morgan fingerprint density at radius 1 is 1.24 bits per heavy atom. The number of carbonyl (C=O) groups excluding carboxylic acids is 1. The molecule has 132 valence electrons. The van der Waals surface area contributed by atoms with E-state index in [1.54, 1.807) is 6.20 Å². The lowest BCUT2D eigenvalue weighted by Gasteiger charge is -2.35. The molecule has 6 heteroatoms. The third-order valence-electron chi connectivity index (χ3n) is 4.70. The van der Waals surface area contributed by atoms with Gasteiger partial charge in [-0.25, -0.2) is 9.97 Å². The third-order valence-corrected chi connectivity index (χ3v) is 4.95. The Kier molecular flexibility index (Phi) is 6.00. The van der Waals surface area contributed by atoms with Crippen molar-refractivity contribution in [3.05, 3.63) is 58.6 Å². The van der Waals surface area contributed by atoms with Crippen LogP contribution in [0.3, 0.4) is 0 Å². The average molecular weight is 359 g/mol. The molecule has 2 aromatic rings. The van der Waals surface area contributed by atoms with Gasteiger partial charge in [0, 0.05) is 17.8 Å². The zero-order valence-corrected chi connectivity index (χ0v) is 15.2. The minimum Gasteiger partial charge on any atom is -0.350 e. The van der Waals surface area contributed by atoms with Crippen LogP contribution in [0.4, 0.5) is 0 Å². The fourth-order valence-electron chi connectivity index (χ4n) is 3.27. The highest BCUT2D eigenvalue weighted by atomic mass is 35.5. The fourth-order valence-corrected chi connectivity index (χ4v) is 3.40. The quantitative estimate of drug-likeness (QED) is 0.890. The van der Waals surface area contributed by atoms with Crippen LogP contribution in [0.25, 0.3) is 0 Å². The van der Waals surface area contributed by atoms with Crippen LogP contribution >= 0.6 is 11.6 Å². The number of hydrogen-bond acceptors (Lipinski definition) is 4. The highest BCUT2D eigenvalue weighted by Gasteiger charge is 2.23. The number of rotatable bonds is 5. The van der Waals surface area contributed by atoms with Gasteiger partial charge in [0.25, 0.3) is 5.91 Å². The van der Waals surface area contributed by atoms with Crippen LogP contribution in [-0.4, -0.2) is 40.4 Å². The zero-order chi connectivity index (χ0) is 17.6. The Morgan fingerprint density at radius 2 is 1.96 bits per heavy atom. The Hall–Kier alpha value is -1.98. The molecule has 1 N–H and O–H groups in total. The second-order valence-electron chi connectivity index (χ2n) is 6.40. The number of aryl methyl sites for hydroxylation is 1. The van der Waals surface area contributed by atoms with Crippen molar-refractivity contribution in [3.63, 3.8) is 0 Å². The summed E-state index contributed by atoms with van der Waals surface area (Å²) in [6.45, 7) is 4.47. The molecule has 2 heterocycles. The standard InChI is InChI=1S/C19H23ClN4O/c1-14-17(11-21-13-23-14)19(25)22-12-18(24-9-3-2-4-10-24)15-5-7-16(20)8-6-15/h5-8,11,13,18H,2-4,9-10,12H2,1H3,(H,22,25). The smallest absolute Gasteiger partial charge is 0.254 e. The summed E-state index contributed by atoms with van der Waals surface area (Å²) in [7, 11) is 0. The van der Waals surface area contributed by atoms with Gasteiger partial charge in [0.15, 0.2) is 0 Å². The number of hydrogen-bond donors (Lipinski definition) is 1. The molecule has 25 heavy (non-hydrogen) atoms. The van der Waals surface area contributed by atoms with E-state index in [1.165, 1.54) is 31.2 Å². The largest absolute Gasteiger partial charge is 0.350 e. The topological polar surface area (TPSA) is 58.1 Å². The van der Waals surface area contributed by atoms with Gasteiger partial charge in [-0.15, -0.1) is 0 Å². The normalized spacial score (nSPS) is 16.4. The van der Waals surface area contributed by atoms with E-state index in [9.17, 15) is 4.79 Å². The van der Waals surface area contributed by atoms with E-state index in [-0.39, 0.29) is 11.9 Å². The number of likely N-dealkylation sites (tertiary alicyclic amines) is 1. The van der Waals surface area contributed by atoms with Gasteiger partial charge in [0.2, 0.25) is 0 Å². The number of benzene rings is 1. The number of aromatic nitrogens is 2. The van der Waals surface area contributed by atoms with Gasteiger partial charge in [-0.3, -0.25) is 9.69 Å². The molecule has 5 nitrogen and oxygen atoms in total. The monoisotopic (exact) mass is 358 g/mol. The van der Waals surface area contributed by atoms with Gasteiger partial charge >= 0.3 is 0 Å². The maximum absolute atomic E-state index is 12.5. The lowest BCUT2D eigenvalue weighted by atomic mass is 10.0. The molecule has 0 spiro atoms. The molecule has 1 aliphatic heterocycles. The van der Waals surface area contributed by atoms with E-state index in [4.69, 9.17) is 11.6 Å². The van der Waals surface area contributed by atoms with E-state index in [2.05, 4.69) is 20.2 Å². The molecular weight excluding hydrogens is 336 g/mol. The van der Waals surface area contributed by atoms with Gasteiger partial charge in [-0.1, -0.05) is 30.2 Å². The SMILES string of the molecule is Cc1ncncc1C(=O)NCC(c1ccc(Cl)cc1)N1CCCCC1. The summed E-state index contributed by atoms with van der Waals surface area (Å²) in [4.78, 5) is 23.0. The van der Waals surface area contributed by atoms with Crippen molar-refractivity contribution in [2.75, 3.05) is 19.6 Å². The molecule has 3 rings (SSSR count). The summed E-state index contributed by atoms with van der Waals surface area (Å²) in [6.07, 6.45) is 6.69. The van der Waals surface area contributed by atoms with Crippen molar-refractivity contribution in [1.82, 2.24) is 20.2 Å². The first-order chi connectivity index (χ1) is 12.1. The highest BCUT2D eigenvalue weighted by molar-refractivity contribution is 6.30. The molecule has 0 saturated carbocycles. The maximum Gasteiger partial charge on any atom is 0.254 e. The molecule has 1 aromatic heterocycles. The van der Waals surface area contributed by atoms with Crippen LogP contribution in [0, 0.1) is 6.92 Å². The summed E-state index contributed by atoms with van der Waals surface area (Å²) < 4.78 is 0. The molecule has 1 aliphatic rings. The third kappa shape index (κ3) is 4.55. The van der Waals surface area contributed by atoms with Crippen LogP contribution in [-0.2, 0) is 0 Å². The van der Waals surface area contributed by atoms with Crippen molar-refractivity contribution in [2.45, 2.75) is 32.2 Å². The molecule has 1 amide bonds. The molecular formula is C19H23ClN4O. The molecule has 0 radical (unpaired) electrons. The van der Waals surface area contributed by atoms with E-state index in [0.717, 1.165) is 18.1 Å². The second-order valence-corrected chi connectivity index (χ2v) is 6.83. The number of carbonyl (C=O) groups is 1. The summed E-state index contributed by atoms with van der Waals surface area (Å²) >= 11 is 6.03. The van der Waals surface area contributed by atoms with Crippen molar-refractivity contribution in [3.8, 4) is 0 Å². The van der Waals surface area contributed by atoms with Crippen LogP contribution in [0.2, 0.25) is 5.02 Å². The van der Waals surface area contributed by atoms with Gasteiger partial charge in [-0.2, -0.15) is 0 Å². The highest BCUT2D eigenvalue weighted by Crippen LogP contribution is 2.25. The Morgan fingerprint density at radius 3 is 2.64 bits per heavy atom. The van der Waals surface area contributed by atoms with Crippen LogP contribution < -0.4 is 5.32 Å². The van der Waals surface area contributed by atoms with Gasteiger partial charge in [0.1, 0.15) is 6.33 Å². The van der Waals surface area contributed by atoms with Crippen molar-refractivity contribution in [2.24, 2.45) is 0 Å². The molecule has 0 aliphatic carbocycles. The number of halogens is 1. The van der Waals surface area contributed by atoms with Gasteiger partial charge in [0.05, 0.1) is 17.3 Å². The molecule has 1 atom stereocenters. The molecule has 1 saturated heterocycles. The number of amides is 1. The minimum absolute atomic E-state index is 0.130. The van der Waals surface area contributed by atoms with Crippen LogP contribution in [0.15, 0.2) is 36.8 Å². The van der Waals surface area contributed by atoms with E-state index in [0.29, 0.717) is 17.8 Å². The van der Waals surface area contributed by atoms with Gasteiger partial charge < -0.3 is 5.32 Å². The van der Waals surface area contributed by atoms with E-state index >= 15 is 0 Å². The van der Waals surface area contributed by atoms with Crippen molar-refractivity contribution >= 4 is 17.5 Å². The zero-order valence-electron chi connectivity index (χ0n) is 14.4. The van der Waals surface area contributed by atoms with E-state index in [1.807, 2.05) is 31.2 Å². The lowest BCUT2D eigenvalue weighted by Crippen LogP contribution is -2.40. The summed E-state index contributed by atoms with van der Waals surface area (Å²) in [5.74, 6) is -0.130. The molecule has 1 unspecified atom stereocenters. The van der Waals surface area contributed by atoms with Crippen LogP contribution in [0.1, 0.15) is 46.9 Å². The number of piperidine rings is 1. The summed E-state index contributed by atoms with van der Waals surface area (Å²) in [6, 6.07) is 8.05. The second kappa shape index (κ2) is 8.41. The number of nitrogens with zero attached hydrogens (tertiary/aromatic N) is 3. The first-order valence-corrected chi connectivity index (χ1v) is 9.07. The average Bonchev–Trinajstić information content (AvgIpc) is 2.64. The lowest BCUT2D eigenvalue weighted by molar-refractivity contribution is 0.0923. The predicted octanol–water partition coefficient (Wildman–Crippen LogP) is 3.40. The summed E-state index contributed by atoms with van der Waals surface area (Å²) in [5.41, 5.74) is 2.39. The maximum atomic E-state index is 12.5. The molecule has 0 bridgehead atoms. The van der Waals surface area contributed by atoms with Crippen molar-refractivity contribution in [1.29, 1.82) is 0 Å². The number of nitrogens with one attached hydrogen (secondary N) is 1. The Balaban J connectivity index is 1.74. The Bertz CT molecular complexity index is 714. The molecule has 1 aromatic carbocycles. The Labute approximate surface area is 153 Å². The minimum atomic E-state index is -0.130.